The molecule has 0 radical (unpaired) electrons. The maximum Gasteiger partial charge on any atom is 0.392 e. The highest BCUT2D eigenvalue weighted by atomic mass is 19.4. The van der Waals surface area contributed by atoms with Gasteiger partial charge in [-0.2, -0.15) is 13.2 Å². The van der Waals surface area contributed by atoms with Crippen molar-refractivity contribution in [3.05, 3.63) is 23.8 Å². The summed E-state index contributed by atoms with van der Waals surface area (Å²) in [6.45, 7) is 3.25. The highest BCUT2D eigenvalue weighted by Gasteiger charge is 2.33. The first-order valence-electron chi connectivity index (χ1n) is 6.37. The van der Waals surface area contributed by atoms with E-state index in [1.807, 2.05) is 13.8 Å². The Balaban J connectivity index is 2.08. The average Bonchev–Trinajstić information content (AvgIpc) is 2.24. The van der Waals surface area contributed by atoms with Crippen LogP contribution >= 0.6 is 0 Å². The number of alkyl halides is 3. The van der Waals surface area contributed by atoms with Crippen molar-refractivity contribution in [1.82, 2.24) is 0 Å². The molecule has 6 heteroatoms. The van der Waals surface area contributed by atoms with Crippen LogP contribution in [0.2, 0.25) is 0 Å². The predicted octanol–water partition coefficient (Wildman–Crippen LogP) is 3.61. The van der Waals surface area contributed by atoms with Crippen molar-refractivity contribution in [1.29, 1.82) is 0 Å². The van der Waals surface area contributed by atoms with Gasteiger partial charge in [0.05, 0.1) is 19.1 Å². The smallest absolute Gasteiger partial charge is 0.392 e. The molecule has 1 aliphatic rings. The maximum absolute atomic E-state index is 12.0. The van der Waals surface area contributed by atoms with Gasteiger partial charge in [0.1, 0.15) is 17.1 Å². The monoisotopic (exact) mass is 290 g/mol. The number of rotatable bonds is 3. The Bertz CT molecular complexity index is 483. The molecule has 20 heavy (non-hydrogen) atoms. The topological polar surface area (TPSA) is 38.7 Å². The predicted molar refractivity (Wildman–Crippen MR) is 66.9 cm³/mol. The minimum atomic E-state index is -4.23. The van der Waals surface area contributed by atoms with Crippen LogP contribution in [-0.4, -0.2) is 23.5 Å². The minimum absolute atomic E-state index is 0.304. The van der Waals surface area contributed by atoms with Gasteiger partial charge < -0.3 is 14.6 Å². The van der Waals surface area contributed by atoms with Crippen molar-refractivity contribution in [3.8, 4) is 11.5 Å². The molecule has 1 heterocycles. The zero-order valence-electron chi connectivity index (χ0n) is 11.3. The number of ether oxygens (including phenoxy) is 2. The summed E-state index contributed by atoms with van der Waals surface area (Å²) >= 11 is 0. The molecular formula is C14H17F3O3. The molecule has 0 aliphatic carbocycles. The second kappa shape index (κ2) is 5.16. The first-order chi connectivity index (χ1) is 9.16. The number of aliphatic hydroxyl groups excluding tert-OH is 1. The molecule has 0 aromatic heterocycles. The third-order valence-corrected chi connectivity index (χ3v) is 3.07. The number of benzene rings is 1. The van der Waals surface area contributed by atoms with Gasteiger partial charge in [0, 0.05) is 18.1 Å². The highest BCUT2D eigenvalue weighted by Crippen LogP contribution is 2.41. The molecule has 3 nitrogen and oxygen atoms in total. The van der Waals surface area contributed by atoms with E-state index in [9.17, 15) is 18.3 Å². The first kappa shape index (κ1) is 15.0. The number of aliphatic hydroxyl groups is 1. The van der Waals surface area contributed by atoms with E-state index in [0.717, 1.165) is 0 Å². The van der Waals surface area contributed by atoms with Gasteiger partial charge in [-0.15, -0.1) is 0 Å². The van der Waals surface area contributed by atoms with Gasteiger partial charge in [0.15, 0.2) is 0 Å². The second-order valence-corrected chi connectivity index (χ2v) is 5.49. The van der Waals surface area contributed by atoms with Crippen LogP contribution in [-0.2, 0) is 0 Å². The third kappa shape index (κ3) is 3.79. The van der Waals surface area contributed by atoms with Crippen molar-refractivity contribution in [2.24, 2.45) is 0 Å². The van der Waals surface area contributed by atoms with Crippen molar-refractivity contribution in [2.75, 3.05) is 6.61 Å². The van der Waals surface area contributed by atoms with E-state index in [1.165, 1.54) is 6.07 Å². The lowest BCUT2D eigenvalue weighted by molar-refractivity contribution is -0.139. The molecule has 1 unspecified atom stereocenters. The Morgan fingerprint density at radius 3 is 2.75 bits per heavy atom. The lowest BCUT2D eigenvalue weighted by atomic mass is 9.92. The summed E-state index contributed by atoms with van der Waals surface area (Å²) in [7, 11) is 0. The molecule has 0 amide bonds. The summed E-state index contributed by atoms with van der Waals surface area (Å²) in [5.41, 5.74) is 0.115. The molecule has 0 spiro atoms. The summed E-state index contributed by atoms with van der Waals surface area (Å²) in [5, 5.41) is 10.0. The average molecular weight is 290 g/mol. The standard InChI is InChI=1S/C14H17F3O3/c1-13(2)8-11(18)10-4-3-9(7-12(10)20-13)19-6-5-14(15,16)17/h3-4,7,11,18H,5-6,8H2,1-2H3. The summed E-state index contributed by atoms with van der Waals surface area (Å²) in [4.78, 5) is 0. The molecule has 0 saturated carbocycles. The van der Waals surface area contributed by atoms with Gasteiger partial charge in [0.25, 0.3) is 0 Å². The third-order valence-electron chi connectivity index (χ3n) is 3.07. The summed E-state index contributed by atoms with van der Waals surface area (Å²) < 4.78 is 46.9. The van der Waals surface area contributed by atoms with Crippen molar-refractivity contribution >= 4 is 0 Å². The Labute approximate surface area is 115 Å². The second-order valence-electron chi connectivity index (χ2n) is 5.49. The van der Waals surface area contributed by atoms with Crippen LogP contribution in [0.1, 0.15) is 38.4 Å². The maximum atomic E-state index is 12.0. The SMILES string of the molecule is CC1(C)CC(O)c2ccc(OCCC(F)(F)F)cc2O1. The zero-order valence-corrected chi connectivity index (χ0v) is 11.3. The Hall–Kier alpha value is -1.43. The molecule has 1 N–H and O–H groups in total. The largest absolute Gasteiger partial charge is 0.493 e. The van der Waals surface area contributed by atoms with Crippen molar-refractivity contribution in [2.45, 2.75) is 44.6 Å². The quantitative estimate of drug-likeness (QED) is 0.924. The molecule has 2 rings (SSSR count). The van der Waals surface area contributed by atoms with E-state index < -0.39 is 30.9 Å². The van der Waals surface area contributed by atoms with E-state index >= 15 is 0 Å². The summed E-state index contributed by atoms with van der Waals surface area (Å²) in [6, 6.07) is 4.69. The molecule has 0 saturated heterocycles. The van der Waals surface area contributed by atoms with Gasteiger partial charge >= 0.3 is 6.18 Å². The van der Waals surface area contributed by atoms with Crippen LogP contribution in [0.15, 0.2) is 18.2 Å². The van der Waals surface area contributed by atoms with Gasteiger partial charge in [-0.05, 0) is 26.0 Å². The summed E-state index contributed by atoms with van der Waals surface area (Å²) in [5.74, 6) is 0.760. The molecule has 1 atom stereocenters. The Morgan fingerprint density at radius 2 is 2.10 bits per heavy atom. The van der Waals surface area contributed by atoms with Crippen LogP contribution in [0.25, 0.3) is 0 Å². The molecular weight excluding hydrogens is 273 g/mol. The lowest BCUT2D eigenvalue weighted by Gasteiger charge is -2.35. The fraction of sp³-hybridized carbons (Fsp3) is 0.571. The summed E-state index contributed by atoms with van der Waals surface area (Å²) in [6.07, 6.45) is -5.41. The van der Waals surface area contributed by atoms with Gasteiger partial charge in [-0.25, -0.2) is 0 Å². The highest BCUT2D eigenvalue weighted by molar-refractivity contribution is 5.43. The Kier molecular flexibility index (Phi) is 3.86. The van der Waals surface area contributed by atoms with E-state index in [0.29, 0.717) is 23.5 Å². The van der Waals surface area contributed by atoms with Crippen LogP contribution in [0.3, 0.4) is 0 Å². The zero-order chi connectivity index (χ0) is 15.0. The van der Waals surface area contributed by atoms with E-state index in [2.05, 4.69) is 0 Å². The van der Waals surface area contributed by atoms with Gasteiger partial charge in [-0.1, -0.05) is 0 Å². The molecule has 112 valence electrons. The van der Waals surface area contributed by atoms with E-state index in [1.54, 1.807) is 12.1 Å². The number of fused-ring (bicyclic) bond motifs is 1. The minimum Gasteiger partial charge on any atom is -0.493 e. The van der Waals surface area contributed by atoms with Crippen LogP contribution < -0.4 is 9.47 Å². The Morgan fingerprint density at radius 1 is 1.40 bits per heavy atom. The molecule has 0 fully saturated rings. The molecule has 0 bridgehead atoms. The van der Waals surface area contributed by atoms with Crippen LogP contribution in [0.4, 0.5) is 13.2 Å². The number of hydrogen-bond acceptors (Lipinski definition) is 3. The fourth-order valence-corrected chi connectivity index (χ4v) is 2.17. The molecule has 1 aromatic rings. The fourth-order valence-electron chi connectivity index (χ4n) is 2.17. The van der Waals surface area contributed by atoms with Crippen molar-refractivity contribution < 1.29 is 27.8 Å². The van der Waals surface area contributed by atoms with Crippen molar-refractivity contribution in [3.63, 3.8) is 0 Å². The van der Waals surface area contributed by atoms with E-state index in [-0.39, 0.29) is 0 Å². The number of hydrogen-bond donors (Lipinski definition) is 1. The van der Waals surface area contributed by atoms with Gasteiger partial charge in [-0.3, -0.25) is 0 Å². The first-order valence-corrected chi connectivity index (χ1v) is 6.37. The van der Waals surface area contributed by atoms with E-state index in [4.69, 9.17) is 9.47 Å². The number of halogens is 3. The van der Waals surface area contributed by atoms with Crippen LogP contribution in [0.5, 0.6) is 11.5 Å². The molecule has 1 aliphatic heterocycles. The lowest BCUT2D eigenvalue weighted by Crippen LogP contribution is -2.34. The normalized spacial score (nSPS) is 21.0. The van der Waals surface area contributed by atoms with Crippen LogP contribution in [0, 0.1) is 0 Å². The van der Waals surface area contributed by atoms with Gasteiger partial charge in [0.2, 0.25) is 0 Å². The molecule has 1 aromatic carbocycles.